The van der Waals surface area contributed by atoms with E-state index in [-0.39, 0.29) is 7.55 Å². The lowest BCUT2D eigenvalue weighted by Crippen LogP contribution is -2.03. The van der Waals surface area contributed by atoms with Crippen LogP contribution in [-0.4, -0.2) is 18.6 Å². The molecule has 0 fully saturated rings. The molecule has 13 heavy (non-hydrogen) atoms. The van der Waals surface area contributed by atoms with Crippen LogP contribution in [-0.2, 0) is 0 Å². The van der Waals surface area contributed by atoms with Gasteiger partial charge in [0.15, 0.2) is 0 Å². The lowest BCUT2D eigenvalue weighted by Gasteiger charge is -2.08. The number of hydrogen-bond donors (Lipinski definition) is 0. The fraction of sp³-hybridized carbons (Fsp3) is 0.750. The summed E-state index contributed by atoms with van der Waals surface area (Å²) in [6, 6.07) is 0. The molecule has 0 bridgehead atoms. The number of rotatable bonds is 6. The van der Waals surface area contributed by atoms with Crippen molar-refractivity contribution >= 4 is 13.8 Å². The van der Waals surface area contributed by atoms with Crippen LogP contribution in [0.4, 0.5) is 0 Å². The first-order chi connectivity index (χ1) is 5.97. The Morgan fingerprint density at radius 1 is 1.31 bits per heavy atom. The first kappa shape index (κ1) is 12.9. The SMILES string of the molecule is C=C(C)C(C)C[P+](=C)CC(C)CC. The third kappa shape index (κ3) is 6.05. The summed E-state index contributed by atoms with van der Waals surface area (Å²) >= 11 is 0. The molecular weight excluding hydrogens is 175 g/mol. The molecule has 0 nitrogen and oxygen atoms in total. The Balaban J connectivity index is 3.81. The maximum atomic E-state index is 4.27. The maximum Gasteiger partial charge on any atom is 0.112 e. The van der Waals surface area contributed by atoms with Crippen molar-refractivity contribution in [2.75, 3.05) is 12.3 Å². The van der Waals surface area contributed by atoms with Crippen LogP contribution < -0.4 is 0 Å². The van der Waals surface area contributed by atoms with Gasteiger partial charge in [0.05, 0.1) is 13.8 Å². The average molecular weight is 199 g/mol. The van der Waals surface area contributed by atoms with Gasteiger partial charge in [-0.25, -0.2) is 0 Å². The number of hydrogen-bond acceptors (Lipinski definition) is 0. The Kier molecular flexibility index (Phi) is 6.33. The molecule has 0 amide bonds. The lowest BCUT2D eigenvalue weighted by molar-refractivity contribution is 0.632. The van der Waals surface area contributed by atoms with Gasteiger partial charge in [0.25, 0.3) is 0 Å². The van der Waals surface area contributed by atoms with Crippen molar-refractivity contribution in [1.29, 1.82) is 0 Å². The van der Waals surface area contributed by atoms with Crippen LogP contribution in [0.25, 0.3) is 0 Å². The Labute approximate surface area is 84.8 Å². The average Bonchev–Trinajstić information content (AvgIpc) is 2.03. The van der Waals surface area contributed by atoms with Gasteiger partial charge < -0.3 is 0 Å². The second-order valence-corrected chi connectivity index (χ2v) is 6.37. The summed E-state index contributed by atoms with van der Waals surface area (Å²) in [5.74, 6) is 1.51. The first-order valence-electron chi connectivity index (χ1n) is 5.18. The van der Waals surface area contributed by atoms with Crippen molar-refractivity contribution in [2.45, 2.75) is 34.1 Å². The van der Waals surface area contributed by atoms with Gasteiger partial charge in [0, 0.05) is 5.92 Å². The Bertz CT molecular complexity index is 182. The molecule has 0 aliphatic carbocycles. The van der Waals surface area contributed by atoms with Crippen LogP contribution in [0.1, 0.15) is 34.1 Å². The van der Waals surface area contributed by atoms with Crippen LogP contribution in [0.5, 0.6) is 0 Å². The van der Waals surface area contributed by atoms with Gasteiger partial charge in [-0.1, -0.05) is 32.9 Å². The van der Waals surface area contributed by atoms with Gasteiger partial charge in [-0.05, 0) is 19.3 Å². The van der Waals surface area contributed by atoms with Crippen LogP contribution in [0.3, 0.4) is 0 Å². The Hall–Kier alpha value is -0.0900. The predicted molar refractivity (Wildman–Crippen MR) is 67.2 cm³/mol. The highest BCUT2D eigenvalue weighted by Crippen LogP contribution is 2.29. The van der Waals surface area contributed by atoms with Crippen LogP contribution in [0.15, 0.2) is 12.2 Å². The standard InChI is InChI=1S/C12H24P/c1-7-11(4)8-13(6)9-12(5)10(2)3/h11-12H,2,6-9H2,1,3-5H3/q+1. The molecule has 1 heteroatoms. The molecular formula is C12H24P+. The molecule has 0 aromatic carbocycles. The third-order valence-electron chi connectivity index (χ3n) is 2.64. The molecule has 0 aliphatic rings. The van der Waals surface area contributed by atoms with Crippen molar-refractivity contribution in [1.82, 2.24) is 0 Å². The summed E-state index contributed by atoms with van der Waals surface area (Å²) in [5, 5.41) is 0. The molecule has 3 unspecified atom stereocenters. The van der Waals surface area contributed by atoms with E-state index in [4.69, 9.17) is 0 Å². The van der Waals surface area contributed by atoms with Gasteiger partial charge in [-0.15, -0.1) is 0 Å². The van der Waals surface area contributed by atoms with Crippen molar-refractivity contribution in [3.8, 4) is 0 Å². The van der Waals surface area contributed by atoms with Gasteiger partial charge in [-0.2, -0.15) is 0 Å². The zero-order valence-corrected chi connectivity index (χ0v) is 10.5. The summed E-state index contributed by atoms with van der Waals surface area (Å²) in [4.78, 5) is 0. The highest BCUT2D eigenvalue weighted by atomic mass is 31.1. The summed E-state index contributed by atoms with van der Waals surface area (Å²) in [6.07, 6.45) is 8.14. The summed E-state index contributed by atoms with van der Waals surface area (Å²) in [5.41, 5.74) is 1.31. The van der Waals surface area contributed by atoms with Gasteiger partial charge in [-0.3, -0.25) is 0 Å². The minimum absolute atomic E-state index is 0.00849. The topological polar surface area (TPSA) is 0 Å². The minimum atomic E-state index is -0.00849. The smallest absolute Gasteiger partial charge is 0.0997 e. The molecule has 0 N–H and O–H groups in total. The van der Waals surface area contributed by atoms with E-state index < -0.39 is 0 Å². The molecule has 3 atom stereocenters. The summed E-state index contributed by atoms with van der Waals surface area (Å²) in [6.45, 7) is 13.0. The van der Waals surface area contributed by atoms with E-state index in [1.807, 2.05) is 0 Å². The van der Waals surface area contributed by atoms with Crippen molar-refractivity contribution in [3.05, 3.63) is 12.2 Å². The Morgan fingerprint density at radius 2 is 1.85 bits per heavy atom. The first-order valence-corrected chi connectivity index (χ1v) is 7.07. The molecule has 0 spiro atoms. The van der Waals surface area contributed by atoms with Crippen molar-refractivity contribution < 1.29 is 0 Å². The molecule has 0 saturated heterocycles. The monoisotopic (exact) mass is 199 g/mol. The molecule has 0 radical (unpaired) electrons. The Morgan fingerprint density at radius 3 is 2.23 bits per heavy atom. The minimum Gasteiger partial charge on any atom is -0.0997 e. The van der Waals surface area contributed by atoms with Crippen LogP contribution in [0, 0.1) is 11.8 Å². The summed E-state index contributed by atoms with van der Waals surface area (Å²) in [7, 11) is -0.00849. The van der Waals surface area contributed by atoms with E-state index in [2.05, 4.69) is 40.6 Å². The third-order valence-corrected chi connectivity index (χ3v) is 4.84. The molecule has 0 aliphatic heterocycles. The van der Waals surface area contributed by atoms with E-state index in [0.717, 1.165) is 5.92 Å². The van der Waals surface area contributed by atoms with E-state index in [1.165, 1.54) is 24.3 Å². The largest absolute Gasteiger partial charge is 0.112 e. The molecule has 0 rings (SSSR count). The van der Waals surface area contributed by atoms with E-state index in [0.29, 0.717) is 5.92 Å². The molecule has 0 saturated carbocycles. The maximum absolute atomic E-state index is 4.27. The van der Waals surface area contributed by atoms with Crippen molar-refractivity contribution in [2.24, 2.45) is 11.8 Å². The second kappa shape index (κ2) is 6.38. The van der Waals surface area contributed by atoms with E-state index in [9.17, 15) is 0 Å². The van der Waals surface area contributed by atoms with Crippen LogP contribution >= 0.6 is 7.55 Å². The van der Waals surface area contributed by atoms with Gasteiger partial charge >= 0.3 is 0 Å². The molecule has 0 aromatic rings. The van der Waals surface area contributed by atoms with Gasteiger partial charge in [0.2, 0.25) is 0 Å². The lowest BCUT2D eigenvalue weighted by atomic mass is 10.1. The molecule has 0 aromatic heterocycles. The molecule has 76 valence electrons. The second-order valence-electron chi connectivity index (χ2n) is 4.30. The molecule has 0 heterocycles. The van der Waals surface area contributed by atoms with E-state index in [1.54, 1.807) is 0 Å². The highest BCUT2D eigenvalue weighted by Gasteiger charge is 2.15. The fourth-order valence-corrected chi connectivity index (χ4v) is 3.56. The summed E-state index contributed by atoms with van der Waals surface area (Å²) < 4.78 is 0. The quantitative estimate of drug-likeness (QED) is 0.445. The highest BCUT2D eigenvalue weighted by molar-refractivity contribution is 7.55. The normalized spacial score (nSPS) is 16.5. The van der Waals surface area contributed by atoms with Crippen molar-refractivity contribution in [3.63, 3.8) is 0 Å². The van der Waals surface area contributed by atoms with Gasteiger partial charge in [0.1, 0.15) is 12.3 Å². The zero-order valence-electron chi connectivity index (χ0n) is 9.64. The number of allylic oxidation sites excluding steroid dienone is 1. The van der Waals surface area contributed by atoms with Crippen LogP contribution in [0.2, 0.25) is 0 Å². The zero-order chi connectivity index (χ0) is 10.4. The van der Waals surface area contributed by atoms with E-state index >= 15 is 0 Å². The predicted octanol–water partition coefficient (Wildman–Crippen LogP) is 4.16. The fourth-order valence-electron chi connectivity index (χ4n) is 1.19.